The van der Waals surface area contributed by atoms with Crippen molar-refractivity contribution in [2.45, 2.75) is 31.7 Å². The fourth-order valence-corrected chi connectivity index (χ4v) is 4.93. The van der Waals surface area contributed by atoms with E-state index in [0.29, 0.717) is 30.9 Å². The Morgan fingerprint density at radius 3 is 2.74 bits per heavy atom. The molecule has 2 aromatic rings. The van der Waals surface area contributed by atoms with Gasteiger partial charge in [-0.1, -0.05) is 0 Å². The van der Waals surface area contributed by atoms with E-state index in [4.69, 9.17) is 5.73 Å². The summed E-state index contributed by atoms with van der Waals surface area (Å²) in [5.41, 5.74) is 8.58. The number of aliphatic hydroxyl groups excluding tert-OH is 1. The van der Waals surface area contributed by atoms with Crippen molar-refractivity contribution in [3.8, 4) is 11.1 Å². The Labute approximate surface area is 181 Å². The lowest BCUT2D eigenvalue weighted by atomic mass is 10.0. The number of nitrogens with one attached hydrogen (secondary N) is 1. The highest BCUT2D eigenvalue weighted by Gasteiger charge is 2.29. The first-order valence-electron chi connectivity index (χ1n) is 10.1. The van der Waals surface area contributed by atoms with Gasteiger partial charge in [-0.05, 0) is 37.0 Å². The number of anilines is 1. The van der Waals surface area contributed by atoms with E-state index in [2.05, 4.69) is 15.3 Å². The Balaban J connectivity index is 1.51. The van der Waals surface area contributed by atoms with Crippen molar-refractivity contribution < 1.29 is 18.3 Å². The first-order valence-corrected chi connectivity index (χ1v) is 12.0. The van der Waals surface area contributed by atoms with Gasteiger partial charge in [0.1, 0.15) is 5.82 Å². The number of pyridine rings is 2. The molecule has 2 atom stereocenters. The number of carbonyl (C=O) groups is 1. The zero-order valence-corrected chi connectivity index (χ0v) is 18.0. The van der Waals surface area contributed by atoms with Crippen LogP contribution in [0.15, 0.2) is 30.7 Å². The first-order chi connectivity index (χ1) is 14.7. The van der Waals surface area contributed by atoms with Crippen molar-refractivity contribution in [3.05, 3.63) is 41.9 Å². The molecule has 1 amide bonds. The second kappa shape index (κ2) is 8.50. The fourth-order valence-electron chi connectivity index (χ4n) is 4.04. The maximum Gasteiger partial charge on any atom is 0.253 e. The van der Waals surface area contributed by atoms with Crippen LogP contribution in [0.2, 0.25) is 0 Å². The lowest BCUT2D eigenvalue weighted by molar-refractivity contribution is 0.0938. The van der Waals surface area contributed by atoms with Crippen LogP contribution >= 0.6 is 0 Å². The summed E-state index contributed by atoms with van der Waals surface area (Å²) in [6.07, 6.45) is 7.17. The van der Waals surface area contributed by atoms with Crippen LogP contribution in [0.4, 0.5) is 5.82 Å². The number of fused-ring (bicyclic) bond motifs is 1. The highest BCUT2D eigenvalue weighted by Crippen LogP contribution is 2.29. The largest absolute Gasteiger partial charge is 0.361 e. The van der Waals surface area contributed by atoms with Gasteiger partial charge in [-0.25, -0.2) is 17.7 Å². The summed E-state index contributed by atoms with van der Waals surface area (Å²) in [6.45, 7) is 1.32. The third-order valence-electron chi connectivity index (χ3n) is 5.67. The number of aryl methyl sites for hydroxylation is 1. The predicted molar refractivity (Wildman–Crippen MR) is 116 cm³/mol. The standard InChI is InChI=1S/C20H26N6O4S/c1-31(29,30)25-6-4-17(12-25)24-19(27)16-8-14(9-22-10-16)15-7-13-3-2-5-26(20(21)28)18(13)23-11-15/h7-11,17,20,28H,2-6,12,21H2,1H3,(H,24,27). The number of sulfonamides is 1. The van der Waals surface area contributed by atoms with Crippen LogP contribution in [0.1, 0.15) is 28.8 Å². The fraction of sp³-hybridized carbons (Fsp3) is 0.450. The minimum absolute atomic E-state index is 0.232. The van der Waals surface area contributed by atoms with Gasteiger partial charge in [0, 0.05) is 55.4 Å². The van der Waals surface area contributed by atoms with Crippen molar-refractivity contribution in [3.63, 3.8) is 0 Å². The number of aromatic nitrogens is 2. The van der Waals surface area contributed by atoms with Gasteiger partial charge < -0.3 is 15.3 Å². The van der Waals surface area contributed by atoms with Gasteiger partial charge in [0.15, 0.2) is 6.35 Å². The molecule has 2 aliphatic heterocycles. The average molecular weight is 447 g/mol. The van der Waals surface area contributed by atoms with Gasteiger partial charge in [-0.3, -0.25) is 15.5 Å². The first kappa shape index (κ1) is 21.6. The second-order valence-corrected chi connectivity index (χ2v) is 9.94. The number of carbonyl (C=O) groups excluding carboxylic acids is 1. The van der Waals surface area contributed by atoms with E-state index in [0.717, 1.165) is 29.5 Å². The third kappa shape index (κ3) is 4.69. The number of hydrogen-bond donors (Lipinski definition) is 3. The normalized spacial score (nSPS) is 20.4. The lowest BCUT2D eigenvalue weighted by Gasteiger charge is -2.32. The molecule has 2 aromatic heterocycles. The van der Waals surface area contributed by atoms with Crippen LogP contribution in [-0.2, 0) is 16.4 Å². The van der Waals surface area contributed by atoms with Crippen molar-refractivity contribution in [1.29, 1.82) is 0 Å². The molecule has 0 radical (unpaired) electrons. The van der Waals surface area contributed by atoms with Crippen molar-refractivity contribution >= 4 is 21.7 Å². The second-order valence-electron chi connectivity index (χ2n) is 7.96. The molecule has 11 heteroatoms. The summed E-state index contributed by atoms with van der Waals surface area (Å²) in [4.78, 5) is 23.1. The van der Waals surface area contributed by atoms with Crippen LogP contribution in [-0.4, -0.2) is 72.0 Å². The van der Waals surface area contributed by atoms with Crippen LogP contribution < -0.4 is 16.0 Å². The number of amides is 1. The Hall–Kier alpha value is -2.60. The molecule has 0 spiro atoms. The zero-order chi connectivity index (χ0) is 22.2. The summed E-state index contributed by atoms with van der Waals surface area (Å²) in [6, 6.07) is 3.49. The average Bonchev–Trinajstić information content (AvgIpc) is 3.22. The third-order valence-corrected chi connectivity index (χ3v) is 6.94. The number of hydrogen-bond acceptors (Lipinski definition) is 8. The van der Waals surface area contributed by atoms with E-state index in [-0.39, 0.29) is 18.5 Å². The molecule has 2 aliphatic rings. The molecule has 4 heterocycles. The highest BCUT2D eigenvalue weighted by molar-refractivity contribution is 7.88. The van der Waals surface area contributed by atoms with E-state index in [9.17, 15) is 18.3 Å². The SMILES string of the molecule is CS(=O)(=O)N1CCC(NC(=O)c2cncc(-c3cnc4c(c3)CCCN4C(N)O)c2)C1. The van der Waals surface area contributed by atoms with Crippen molar-refractivity contribution in [2.24, 2.45) is 5.73 Å². The Morgan fingerprint density at radius 1 is 1.26 bits per heavy atom. The topological polar surface area (TPSA) is 142 Å². The van der Waals surface area contributed by atoms with E-state index in [1.54, 1.807) is 23.4 Å². The molecular weight excluding hydrogens is 420 g/mol. The molecule has 0 aliphatic carbocycles. The van der Waals surface area contributed by atoms with E-state index >= 15 is 0 Å². The van der Waals surface area contributed by atoms with Crippen LogP contribution in [0.25, 0.3) is 11.1 Å². The van der Waals surface area contributed by atoms with Crippen molar-refractivity contribution in [2.75, 3.05) is 30.8 Å². The molecule has 0 bridgehead atoms. The maximum atomic E-state index is 12.7. The molecule has 166 valence electrons. The summed E-state index contributed by atoms with van der Waals surface area (Å²) < 4.78 is 24.7. The molecule has 4 rings (SSSR count). The Morgan fingerprint density at radius 2 is 2.03 bits per heavy atom. The van der Waals surface area contributed by atoms with Crippen LogP contribution in [0.5, 0.6) is 0 Å². The highest BCUT2D eigenvalue weighted by atomic mass is 32.2. The summed E-state index contributed by atoms with van der Waals surface area (Å²) in [7, 11) is -3.26. The minimum atomic E-state index is -3.26. The molecule has 1 saturated heterocycles. The summed E-state index contributed by atoms with van der Waals surface area (Å²) >= 11 is 0. The van der Waals surface area contributed by atoms with Gasteiger partial charge >= 0.3 is 0 Å². The number of nitrogens with zero attached hydrogens (tertiary/aromatic N) is 4. The van der Waals surface area contributed by atoms with Crippen LogP contribution in [0, 0.1) is 0 Å². The molecule has 31 heavy (non-hydrogen) atoms. The Kier molecular flexibility index (Phi) is 5.93. The molecule has 1 fully saturated rings. The predicted octanol–water partition coefficient (Wildman–Crippen LogP) is -0.105. The quantitative estimate of drug-likeness (QED) is 0.541. The Bertz CT molecular complexity index is 1090. The van der Waals surface area contributed by atoms with Gasteiger partial charge in [0.05, 0.1) is 11.8 Å². The molecule has 4 N–H and O–H groups in total. The minimum Gasteiger partial charge on any atom is -0.361 e. The molecule has 0 saturated carbocycles. The van der Waals surface area contributed by atoms with Crippen LogP contribution in [0.3, 0.4) is 0 Å². The van der Waals surface area contributed by atoms with E-state index < -0.39 is 16.4 Å². The summed E-state index contributed by atoms with van der Waals surface area (Å²) in [5.74, 6) is 0.376. The van der Waals surface area contributed by atoms with Gasteiger partial charge in [-0.15, -0.1) is 0 Å². The smallest absolute Gasteiger partial charge is 0.253 e. The number of aliphatic hydroxyl groups is 1. The van der Waals surface area contributed by atoms with E-state index in [1.165, 1.54) is 16.8 Å². The molecular formula is C20H26N6O4S. The number of nitrogens with two attached hydrogens (primary N) is 1. The van der Waals surface area contributed by atoms with E-state index in [1.807, 2.05) is 6.07 Å². The number of rotatable bonds is 5. The van der Waals surface area contributed by atoms with Crippen molar-refractivity contribution in [1.82, 2.24) is 19.6 Å². The van der Waals surface area contributed by atoms with Gasteiger partial charge in [-0.2, -0.15) is 0 Å². The monoisotopic (exact) mass is 446 g/mol. The molecule has 10 nitrogen and oxygen atoms in total. The maximum absolute atomic E-state index is 12.7. The molecule has 0 aromatic carbocycles. The zero-order valence-electron chi connectivity index (χ0n) is 17.2. The van der Waals surface area contributed by atoms with Gasteiger partial charge in [0.2, 0.25) is 10.0 Å². The van der Waals surface area contributed by atoms with Gasteiger partial charge in [0.25, 0.3) is 5.91 Å². The molecule has 2 unspecified atom stereocenters. The summed E-state index contributed by atoms with van der Waals surface area (Å²) in [5, 5.41) is 12.7. The lowest BCUT2D eigenvalue weighted by Crippen LogP contribution is -2.45.